The lowest BCUT2D eigenvalue weighted by Crippen LogP contribution is -2.19. The molecule has 0 bridgehead atoms. The van der Waals surface area contributed by atoms with Crippen molar-refractivity contribution in [2.24, 2.45) is 0 Å². The standard InChI is InChI=1S/C14H20BrNO2/c1-11(17)4-3-8-16-9-7-12-10-13(15)5-6-14(12)18-2/h5-6,10,16H,3-4,7-9H2,1-2H3. The Kier molecular flexibility index (Phi) is 6.98. The molecule has 1 aromatic rings. The number of halogens is 1. The zero-order chi connectivity index (χ0) is 13.4. The minimum absolute atomic E-state index is 0.255. The van der Waals surface area contributed by atoms with Crippen molar-refractivity contribution in [1.82, 2.24) is 5.32 Å². The van der Waals surface area contributed by atoms with Crippen molar-refractivity contribution in [2.45, 2.75) is 26.2 Å². The average Bonchev–Trinajstić information content (AvgIpc) is 2.33. The van der Waals surface area contributed by atoms with Crippen LogP contribution in [0.3, 0.4) is 0 Å². The van der Waals surface area contributed by atoms with Crippen molar-refractivity contribution in [3.8, 4) is 5.75 Å². The number of benzene rings is 1. The summed E-state index contributed by atoms with van der Waals surface area (Å²) in [5.41, 5.74) is 1.19. The van der Waals surface area contributed by atoms with Gasteiger partial charge in [-0.15, -0.1) is 0 Å². The van der Waals surface area contributed by atoms with Gasteiger partial charge in [-0.2, -0.15) is 0 Å². The van der Waals surface area contributed by atoms with Gasteiger partial charge in [0.1, 0.15) is 11.5 Å². The molecule has 1 aromatic carbocycles. The van der Waals surface area contributed by atoms with Crippen LogP contribution in [0, 0.1) is 0 Å². The van der Waals surface area contributed by atoms with E-state index >= 15 is 0 Å². The van der Waals surface area contributed by atoms with Crippen LogP contribution in [0.2, 0.25) is 0 Å². The Bertz CT molecular complexity index is 393. The maximum atomic E-state index is 10.8. The normalized spacial score (nSPS) is 10.4. The fourth-order valence-electron chi connectivity index (χ4n) is 1.75. The summed E-state index contributed by atoms with van der Waals surface area (Å²) in [5, 5.41) is 3.34. The van der Waals surface area contributed by atoms with E-state index in [2.05, 4.69) is 27.3 Å². The van der Waals surface area contributed by atoms with Crippen molar-refractivity contribution in [2.75, 3.05) is 20.2 Å². The number of rotatable bonds is 8. The molecule has 0 aliphatic carbocycles. The van der Waals surface area contributed by atoms with Gasteiger partial charge in [-0.1, -0.05) is 15.9 Å². The van der Waals surface area contributed by atoms with Gasteiger partial charge >= 0.3 is 0 Å². The van der Waals surface area contributed by atoms with E-state index in [1.54, 1.807) is 14.0 Å². The first-order valence-corrected chi connectivity index (χ1v) is 6.95. The van der Waals surface area contributed by atoms with Crippen molar-refractivity contribution >= 4 is 21.7 Å². The van der Waals surface area contributed by atoms with Gasteiger partial charge in [0.15, 0.2) is 0 Å². The predicted molar refractivity (Wildman–Crippen MR) is 77.2 cm³/mol. The summed E-state index contributed by atoms with van der Waals surface area (Å²) in [5.74, 6) is 1.18. The summed E-state index contributed by atoms with van der Waals surface area (Å²) in [7, 11) is 1.69. The zero-order valence-electron chi connectivity index (χ0n) is 11.0. The smallest absolute Gasteiger partial charge is 0.129 e. The van der Waals surface area contributed by atoms with E-state index in [1.807, 2.05) is 12.1 Å². The van der Waals surface area contributed by atoms with Gasteiger partial charge in [0.2, 0.25) is 0 Å². The van der Waals surface area contributed by atoms with Crippen molar-refractivity contribution in [3.63, 3.8) is 0 Å². The molecule has 0 aromatic heterocycles. The molecule has 0 spiro atoms. The van der Waals surface area contributed by atoms with Crippen LogP contribution in [0.25, 0.3) is 0 Å². The molecule has 3 nitrogen and oxygen atoms in total. The largest absolute Gasteiger partial charge is 0.496 e. The van der Waals surface area contributed by atoms with Crippen LogP contribution in [0.1, 0.15) is 25.3 Å². The topological polar surface area (TPSA) is 38.3 Å². The monoisotopic (exact) mass is 313 g/mol. The summed E-state index contributed by atoms with van der Waals surface area (Å²) in [4.78, 5) is 10.8. The summed E-state index contributed by atoms with van der Waals surface area (Å²) in [6.45, 7) is 3.41. The first-order valence-electron chi connectivity index (χ1n) is 6.16. The van der Waals surface area contributed by atoms with Crippen LogP contribution >= 0.6 is 15.9 Å². The highest BCUT2D eigenvalue weighted by atomic mass is 79.9. The number of methoxy groups -OCH3 is 1. The van der Waals surface area contributed by atoms with Crippen LogP contribution < -0.4 is 10.1 Å². The van der Waals surface area contributed by atoms with Gasteiger partial charge in [0, 0.05) is 10.9 Å². The second kappa shape index (κ2) is 8.27. The van der Waals surface area contributed by atoms with Gasteiger partial charge in [-0.05, 0) is 56.6 Å². The van der Waals surface area contributed by atoms with Crippen LogP contribution in [0.15, 0.2) is 22.7 Å². The quantitative estimate of drug-likeness (QED) is 0.750. The second-order valence-corrected chi connectivity index (χ2v) is 5.18. The minimum Gasteiger partial charge on any atom is -0.496 e. The fourth-order valence-corrected chi connectivity index (χ4v) is 2.16. The molecule has 0 aliphatic heterocycles. The van der Waals surface area contributed by atoms with Crippen molar-refractivity contribution < 1.29 is 9.53 Å². The second-order valence-electron chi connectivity index (χ2n) is 4.26. The summed E-state index contributed by atoms with van der Waals surface area (Å²) < 4.78 is 6.38. The molecule has 0 unspecified atom stereocenters. The molecular formula is C14H20BrNO2. The molecule has 0 aliphatic rings. The molecular weight excluding hydrogens is 294 g/mol. The average molecular weight is 314 g/mol. The molecule has 1 N–H and O–H groups in total. The van der Waals surface area contributed by atoms with E-state index in [0.29, 0.717) is 6.42 Å². The van der Waals surface area contributed by atoms with E-state index in [0.717, 1.165) is 36.2 Å². The molecule has 4 heteroatoms. The summed E-state index contributed by atoms with van der Waals surface area (Å²) >= 11 is 3.46. The summed E-state index contributed by atoms with van der Waals surface area (Å²) in [6.07, 6.45) is 2.49. The maximum absolute atomic E-state index is 10.8. The molecule has 0 saturated heterocycles. The third-order valence-corrected chi connectivity index (χ3v) is 3.19. The first-order chi connectivity index (χ1) is 8.63. The van der Waals surface area contributed by atoms with Crippen LogP contribution in [-0.2, 0) is 11.2 Å². The number of hydrogen-bond donors (Lipinski definition) is 1. The highest BCUT2D eigenvalue weighted by Gasteiger charge is 2.03. The molecule has 18 heavy (non-hydrogen) atoms. The molecule has 0 amide bonds. The van der Waals surface area contributed by atoms with Crippen LogP contribution in [0.4, 0.5) is 0 Å². The number of ketones is 1. The van der Waals surface area contributed by atoms with E-state index < -0.39 is 0 Å². The molecule has 0 radical (unpaired) electrons. The maximum Gasteiger partial charge on any atom is 0.129 e. The lowest BCUT2D eigenvalue weighted by Gasteiger charge is -2.09. The molecule has 1 rings (SSSR count). The number of carbonyl (C=O) groups is 1. The fraction of sp³-hybridized carbons (Fsp3) is 0.500. The zero-order valence-corrected chi connectivity index (χ0v) is 12.5. The Morgan fingerprint density at radius 1 is 1.39 bits per heavy atom. The van der Waals surface area contributed by atoms with Crippen molar-refractivity contribution in [3.05, 3.63) is 28.2 Å². The van der Waals surface area contributed by atoms with E-state index in [4.69, 9.17) is 4.74 Å². The van der Waals surface area contributed by atoms with Crippen LogP contribution in [0.5, 0.6) is 5.75 Å². The Morgan fingerprint density at radius 3 is 2.83 bits per heavy atom. The Morgan fingerprint density at radius 2 is 2.17 bits per heavy atom. The Hall–Kier alpha value is -0.870. The van der Waals surface area contributed by atoms with Gasteiger partial charge in [-0.3, -0.25) is 0 Å². The lowest BCUT2D eigenvalue weighted by atomic mass is 10.1. The van der Waals surface area contributed by atoms with E-state index in [-0.39, 0.29) is 5.78 Å². The summed E-state index contributed by atoms with van der Waals surface area (Å²) in [6, 6.07) is 6.02. The molecule has 100 valence electrons. The molecule has 0 heterocycles. The highest BCUT2D eigenvalue weighted by molar-refractivity contribution is 9.10. The Balaban J connectivity index is 2.30. The van der Waals surface area contributed by atoms with E-state index in [9.17, 15) is 4.79 Å². The predicted octanol–water partition coefficient (Wildman–Crippen LogP) is 2.96. The van der Waals surface area contributed by atoms with Crippen LogP contribution in [-0.4, -0.2) is 26.0 Å². The number of Topliss-reactive ketones (excluding diaryl/α,β-unsaturated/α-hetero) is 1. The Labute approximate surface area is 117 Å². The number of hydrogen-bond acceptors (Lipinski definition) is 3. The number of nitrogens with one attached hydrogen (secondary N) is 1. The highest BCUT2D eigenvalue weighted by Crippen LogP contribution is 2.23. The molecule has 0 saturated carbocycles. The van der Waals surface area contributed by atoms with Gasteiger partial charge in [0.25, 0.3) is 0 Å². The molecule has 0 fully saturated rings. The SMILES string of the molecule is COc1ccc(Br)cc1CCNCCCC(C)=O. The van der Waals surface area contributed by atoms with Gasteiger partial charge in [-0.25, -0.2) is 0 Å². The third kappa shape index (κ3) is 5.65. The molecule has 0 atom stereocenters. The minimum atomic E-state index is 0.255. The van der Waals surface area contributed by atoms with Gasteiger partial charge < -0.3 is 14.8 Å². The lowest BCUT2D eigenvalue weighted by molar-refractivity contribution is -0.117. The van der Waals surface area contributed by atoms with Crippen molar-refractivity contribution in [1.29, 1.82) is 0 Å². The van der Waals surface area contributed by atoms with Gasteiger partial charge in [0.05, 0.1) is 7.11 Å². The third-order valence-electron chi connectivity index (χ3n) is 2.70. The number of ether oxygens (including phenoxy) is 1. The first kappa shape index (κ1) is 15.2. The number of carbonyl (C=O) groups excluding carboxylic acids is 1. The van der Waals surface area contributed by atoms with E-state index in [1.165, 1.54) is 5.56 Å².